The number of hydrogen-bond donors (Lipinski definition) is 3. The number of para-hydroxylation sites is 2. The molecule has 0 spiro atoms. The summed E-state index contributed by atoms with van der Waals surface area (Å²) in [5, 5.41) is 6.50. The number of anilines is 1. The fourth-order valence-electron chi connectivity index (χ4n) is 3.04. The first-order chi connectivity index (χ1) is 15.1. The number of aromatic amines is 1. The first-order valence-electron chi connectivity index (χ1n) is 9.80. The third-order valence-electron chi connectivity index (χ3n) is 4.63. The zero-order valence-electron chi connectivity index (χ0n) is 17.0. The van der Waals surface area contributed by atoms with Gasteiger partial charge in [-0.05, 0) is 36.4 Å². The van der Waals surface area contributed by atoms with Crippen molar-refractivity contribution in [1.82, 2.24) is 24.8 Å². The van der Waals surface area contributed by atoms with Crippen LogP contribution in [0.15, 0.2) is 66.1 Å². The van der Waals surface area contributed by atoms with E-state index in [1.54, 1.807) is 30.5 Å². The number of carbonyl (C=O) groups excluding carboxylic acids is 2. The number of imidazole rings is 2. The van der Waals surface area contributed by atoms with Gasteiger partial charge in [0.1, 0.15) is 5.82 Å². The van der Waals surface area contributed by atoms with Crippen LogP contribution in [-0.4, -0.2) is 43.6 Å². The monoisotopic (exact) mass is 434 g/mol. The van der Waals surface area contributed by atoms with Gasteiger partial charge in [0.15, 0.2) is 5.16 Å². The van der Waals surface area contributed by atoms with Gasteiger partial charge in [-0.1, -0.05) is 23.9 Å². The van der Waals surface area contributed by atoms with E-state index < -0.39 is 0 Å². The van der Waals surface area contributed by atoms with Crippen LogP contribution in [0.2, 0.25) is 0 Å². The van der Waals surface area contributed by atoms with Crippen molar-refractivity contribution in [1.29, 1.82) is 0 Å². The summed E-state index contributed by atoms with van der Waals surface area (Å²) in [5.41, 5.74) is 3.08. The first kappa shape index (κ1) is 20.7. The molecular formula is C22H22N6O2S. The molecule has 0 unspecified atom stereocenters. The normalized spacial score (nSPS) is 10.9. The van der Waals surface area contributed by atoms with E-state index in [1.807, 2.05) is 42.1 Å². The van der Waals surface area contributed by atoms with E-state index in [0.717, 1.165) is 22.0 Å². The van der Waals surface area contributed by atoms with Crippen LogP contribution in [0.3, 0.4) is 0 Å². The predicted octanol–water partition coefficient (Wildman–Crippen LogP) is 3.00. The van der Waals surface area contributed by atoms with Gasteiger partial charge in [-0.3, -0.25) is 9.59 Å². The highest BCUT2D eigenvalue weighted by Crippen LogP contribution is 2.16. The summed E-state index contributed by atoms with van der Waals surface area (Å²) in [6, 6.07) is 14.6. The summed E-state index contributed by atoms with van der Waals surface area (Å²) in [5.74, 6) is 0.799. The Kier molecular flexibility index (Phi) is 6.32. The van der Waals surface area contributed by atoms with E-state index >= 15 is 0 Å². The molecule has 0 aliphatic carbocycles. The number of aromatic nitrogens is 4. The van der Waals surface area contributed by atoms with Gasteiger partial charge in [0.2, 0.25) is 5.91 Å². The van der Waals surface area contributed by atoms with Crippen molar-refractivity contribution < 1.29 is 9.59 Å². The molecule has 4 rings (SSSR count). The Morgan fingerprint density at radius 3 is 2.68 bits per heavy atom. The number of hydrogen-bond acceptors (Lipinski definition) is 5. The van der Waals surface area contributed by atoms with Crippen LogP contribution in [-0.2, 0) is 18.3 Å². The van der Waals surface area contributed by atoms with E-state index in [-0.39, 0.29) is 17.6 Å². The molecule has 0 fully saturated rings. The Balaban J connectivity index is 1.23. The fourth-order valence-corrected chi connectivity index (χ4v) is 3.78. The Hall–Kier alpha value is -3.59. The van der Waals surface area contributed by atoms with Gasteiger partial charge in [0, 0.05) is 43.7 Å². The smallest absolute Gasteiger partial charge is 0.251 e. The summed E-state index contributed by atoms with van der Waals surface area (Å²) in [4.78, 5) is 36.4. The molecule has 9 heteroatoms. The Bertz CT molecular complexity index is 1170. The van der Waals surface area contributed by atoms with Crippen molar-refractivity contribution >= 4 is 40.3 Å². The van der Waals surface area contributed by atoms with Gasteiger partial charge < -0.3 is 20.2 Å². The van der Waals surface area contributed by atoms with Crippen LogP contribution in [0.4, 0.5) is 5.69 Å². The molecule has 158 valence electrons. The van der Waals surface area contributed by atoms with Gasteiger partial charge in [0.05, 0.1) is 16.8 Å². The minimum Gasteiger partial charge on any atom is -0.352 e. The Morgan fingerprint density at radius 1 is 1.13 bits per heavy atom. The van der Waals surface area contributed by atoms with Gasteiger partial charge in [-0.15, -0.1) is 0 Å². The van der Waals surface area contributed by atoms with Crippen molar-refractivity contribution in [2.24, 2.45) is 7.05 Å². The molecule has 4 aromatic rings. The minimum atomic E-state index is -0.167. The lowest BCUT2D eigenvalue weighted by Crippen LogP contribution is -2.26. The van der Waals surface area contributed by atoms with Crippen LogP contribution in [0.1, 0.15) is 16.2 Å². The summed E-state index contributed by atoms with van der Waals surface area (Å²) >= 11 is 1.37. The highest BCUT2D eigenvalue weighted by atomic mass is 32.2. The third kappa shape index (κ3) is 5.32. The summed E-state index contributed by atoms with van der Waals surface area (Å²) in [6.07, 6.45) is 4.14. The number of H-pyrrole nitrogens is 1. The second-order valence-corrected chi connectivity index (χ2v) is 7.88. The highest BCUT2D eigenvalue weighted by Gasteiger charge is 2.09. The molecule has 31 heavy (non-hydrogen) atoms. The number of benzene rings is 2. The number of fused-ring (bicyclic) bond motifs is 1. The highest BCUT2D eigenvalue weighted by molar-refractivity contribution is 7.99. The van der Waals surface area contributed by atoms with Gasteiger partial charge in [-0.25, -0.2) is 9.97 Å². The van der Waals surface area contributed by atoms with Crippen LogP contribution in [0.25, 0.3) is 11.0 Å². The summed E-state index contributed by atoms with van der Waals surface area (Å²) in [6.45, 7) is 0.474. The van der Waals surface area contributed by atoms with Crippen molar-refractivity contribution in [2.45, 2.75) is 11.6 Å². The minimum absolute atomic E-state index is 0.129. The molecule has 2 aromatic heterocycles. The molecule has 0 radical (unpaired) electrons. The second-order valence-electron chi connectivity index (χ2n) is 6.94. The number of amides is 2. The number of nitrogens with one attached hydrogen (secondary N) is 3. The molecule has 0 bridgehead atoms. The largest absolute Gasteiger partial charge is 0.352 e. The van der Waals surface area contributed by atoms with Crippen molar-refractivity contribution in [3.05, 3.63) is 72.3 Å². The zero-order chi connectivity index (χ0) is 21.6. The molecular weight excluding hydrogens is 412 g/mol. The molecule has 0 saturated carbocycles. The lowest BCUT2D eigenvalue weighted by molar-refractivity contribution is -0.113. The number of nitrogens with zero attached hydrogens (tertiary/aromatic N) is 3. The molecule has 0 atom stereocenters. The molecule has 0 saturated heterocycles. The zero-order valence-corrected chi connectivity index (χ0v) is 17.8. The van der Waals surface area contributed by atoms with Gasteiger partial charge in [-0.2, -0.15) is 0 Å². The van der Waals surface area contributed by atoms with E-state index in [0.29, 0.717) is 24.2 Å². The van der Waals surface area contributed by atoms with Gasteiger partial charge >= 0.3 is 0 Å². The lowest BCUT2D eigenvalue weighted by atomic mass is 10.2. The predicted molar refractivity (Wildman–Crippen MR) is 121 cm³/mol. The van der Waals surface area contributed by atoms with E-state index in [9.17, 15) is 9.59 Å². The van der Waals surface area contributed by atoms with Crippen LogP contribution in [0, 0.1) is 0 Å². The molecule has 2 amide bonds. The standard InChI is InChI=1S/C22H22N6O2S/c1-28-13-12-24-22(28)31-14-20(29)25-16-8-6-15(7-9-16)21(30)23-11-10-19-26-17-4-2-3-5-18(17)27-19/h2-9,12-13H,10-11,14H2,1H3,(H,23,30)(H,25,29)(H,26,27). The average molecular weight is 435 g/mol. The quantitative estimate of drug-likeness (QED) is 0.370. The maximum Gasteiger partial charge on any atom is 0.251 e. The molecule has 0 aliphatic heterocycles. The van der Waals surface area contributed by atoms with Crippen LogP contribution in [0.5, 0.6) is 0 Å². The molecule has 2 heterocycles. The third-order valence-corrected chi connectivity index (χ3v) is 5.68. The number of thioether (sulfide) groups is 1. The number of aryl methyl sites for hydroxylation is 1. The molecule has 0 aliphatic rings. The maximum absolute atomic E-state index is 12.4. The second kappa shape index (κ2) is 9.48. The van der Waals surface area contributed by atoms with E-state index in [2.05, 4.69) is 25.6 Å². The Labute approximate surface area is 183 Å². The lowest BCUT2D eigenvalue weighted by Gasteiger charge is -2.07. The average Bonchev–Trinajstić information content (AvgIpc) is 3.38. The summed E-state index contributed by atoms with van der Waals surface area (Å²) in [7, 11) is 1.88. The van der Waals surface area contributed by atoms with Gasteiger partial charge in [0.25, 0.3) is 5.91 Å². The number of rotatable bonds is 8. The number of carbonyl (C=O) groups is 2. The SMILES string of the molecule is Cn1ccnc1SCC(=O)Nc1ccc(C(=O)NCCc2nc3ccccc3[nH]2)cc1. The van der Waals surface area contributed by atoms with Crippen LogP contribution < -0.4 is 10.6 Å². The molecule has 8 nitrogen and oxygen atoms in total. The first-order valence-corrected chi connectivity index (χ1v) is 10.8. The van der Waals surface area contributed by atoms with Crippen molar-refractivity contribution in [3.8, 4) is 0 Å². The molecule has 2 aromatic carbocycles. The topological polar surface area (TPSA) is 105 Å². The summed E-state index contributed by atoms with van der Waals surface area (Å²) < 4.78 is 1.86. The van der Waals surface area contributed by atoms with E-state index in [1.165, 1.54) is 11.8 Å². The fraction of sp³-hybridized carbons (Fsp3) is 0.182. The maximum atomic E-state index is 12.4. The Morgan fingerprint density at radius 2 is 1.94 bits per heavy atom. The van der Waals surface area contributed by atoms with Crippen molar-refractivity contribution in [2.75, 3.05) is 17.6 Å². The van der Waals surface area contributed by atoms with E-state index in [4.69, 9.17) is 0 Å². The van der Waals surface area contributed by atoms with Crippen LogP contribution >= 0.6 is 11.8 Å². The van der Waals surface area contributed by atoms with Crippen molar-refractivity contribution in [3.63, 3.8) is 0 Å². The molecule has 3 N–H and O–H groups in total.